The van der Waals surface area contributed by atoms with Gasteiger partial charge in [0, 0.05) is 5.69 Å². The number of sulfonamides is 1. The highest BCUT2D eigenvalue weighted by Crippen LogP contribution is 2.23. The molecule has 0 saturated carbocycles. The molecular weight excluding hydrogens is 224 g/mol. The van der Waals surface area contributed by atoms with Crippen molar-refractivity contribution in [1.29, 1.82) is 0 Å². The first-order chi connectivity index (χ1) is 7.24. The van der Waals surface area contributed by atoms with Crippen LogP contribution >= 0.6 is 0 Å². The first-order valence-electron chi connectivity index (χ1n) is 5.12. The minimum atomic E-state index is -3.31. The molecule has 0 aromatic heterocycles. The molecule has 1 rings (SSSR count). The Morgan fingerprint density at radius 1 is 1.19 bits per heavy atom. The fourth-order valence-electron chi connectivity index (χ4n) is 1.25. The third-order valence-electron chi connectivity index (χ3n) is 2.49. The number of nitrogens with two attached hydrogens (primary N) is 1. The van der Waals surface area contributed by atoms with E-state index in [0.29, 0.717) is 11.4 Å². The van der Waals surface area contributed by atoms with Gasteiger partial charge in [-0.05, 0) is 44.9 Å². The summed E-state index contributed by atoms with van der Waals surface area (Å²) in [6.45, 7) is 7.01. The van der Waals surface area contributed by atoms with Gasteiger partial charge >= 0.3 is 0 Å². The lowest BCUT2D eigenvalue weighted by Gasteiger charge is -2.14. The predicted molar refractivity (Wildman–Crippen MR) is 68.0 cm³/mol. The normalized spacial score (nSPS) is 11.8. The van der Waals surface area contributed by atoms with Gasteiger partial charge in [-0.25, -0.2) is 8.42 Å². The third-order valence-corrected chi connectivity index (χ3v) is 4.23. The van der Waals surface area contributed by atoms with Crippen molar-refractivity contribution in [3.63, 3.8) is 0 Å². The molecule has 0 atom stereocenters. The van der Waals surface area contributed by atoms with E-state index in [-0.39, 0.29) is 0 Å². The number of aryl methyl sites for hydroxylation is 2. The van der Waals surface area contributed by atoms with Crippen molar-refractivity contribution in [3.8, 4) is 0 Å². The molecule has 90 valence electrons. The second-order valence-electron chi connectivity index (χ2n) is 4.22. The largest absolute Gasteiger partial charge is 0.398 e. The van der Waals surface area contributed by atoms with E-state index >= 15 is 0 Å². The molecule has 0 amide bonds. The maximum absolute atomic E-state index is 11.7. The van der Waals surface area contributed by atoms with Gasteiger partial charge in [0.05, 0.1) is 10.9 Å². The van der Waals surface area contributed by atoms with Crippen molar-refractivity contribution in [1.82, 2.24) is 0 Å². The summed E-state index contributed by atoms with van der Waals surface area (Å²) in [5, 5.41) is -0.463. The minimum Gasteiger partial charge on any atom is -0.398 e. The standard InChI is InChI=1S/C11H18N2O2S/c1-7(2)16(14,15)13-11-6-10(12)8(3)5-9(11)4/h5-7,13H,12H2,1-4H3. The van der Waals surface area contributed by atoms with Crippen LogP contribution in [-0.4, -0.2) is 13.7 Å². The van der Waals surface area contributed by atoms with E-state index in [1.165, 1.54) is 0 Å². The second kappa shape index (κ2) is 4.33. The number of hydrogen-bond donors (Lipinski definition) is 2. The molecule has 5 heteroatoms. The van der Waals surface area contributed by atoms with Crippen molar-refractivity contribution in [2.45, 2.75) is 32.9 Å². The van der Waals surface area contributed by atoms with E-state index in [1.807, 2.05) is 19.9 Å². The molecular formula is C11H18N2O2S. The van der Waals surface area contributed by atoms with Crippen LogP contribution in [-0.2, 0) is 10.0 Å². The maximum atomic E-state index is 11.7. The zero-order valence-electron chi connectivity index (χ0n) is 10.0. The van der Waals surface area contributed by atoms with E-state index in [1.54, 1.807) is 19.9 Å². The fraction of sp³-hybridized carbons (Fsp3) is 0.455. The van der Waals surface area contributed by atoms with E-state index in [4.69, 9.17) is 5.73 Å². The third kappa shape index (κ3) is 2.66. The van der Waals surface area contributed by atoms with Gasteiger partial charge in [0.15, 0.2) is 0 Å². The average Bonchev–Trinajstić information content (AvgIpc) is 2.13. The second-order valence-corrected chi connectivity index (χ2v) is 6.46. The van der Waals surface area contributed by atoms with Gasteiger partial charge in [0.1, 0.15) is 0 Å². The Bertz CT molecular complexity index is 493. The molecule has 0 aliphatic heterocycles. The summed E-state index contributed by atoms with van der Waals surface area (Å²) in [6.07, 6.45) is 0. The summed E-state index contributed by atoms with van der Waals surface area (Å²) in [6, 6.07) is 3.53. The van der Waals surface area contributed by atoms with Crippen LogP contribution in [0.15, 0.2) is 12.1 Å². The Labute approximate surface area is 96.9 Å². The molecule has 0 aliphatic carbocycles. The van der Waals surface area contributed by atoms with Crippen LogP contribution in [0, 0.1) is 13.8 Å². The van der Waals surface area contributed by atoms with Crippen molar-refractivity contribution >= 4 is 21.4 Å². The van der Waals surface area contributed by atoms with Gasteiger partial charge in [-0.1, -0.05) is 6.07 Å². The minimum absolute atomic E-state index is 0.463. The van der Waals surface area contributed by atoms with Crippen LogP contribution in [0.1, 0.15) is 25.0 Å². The van der Waals surface area contributed by atoms with Gasteiger partial charge in [-0.15, -0.1) is 0 Å². The maximum Gasteiger partial charge on any atom is 0.235 e. The summed E-state index contributed by atoms with van der Waals surface area (Å²) >= 11 is 0. The Hall–Kier alpha value is -1.23. The molecule has 4 nitrogen and oxygen atoms in total. The zero-order chi connectivity index (χ0) is 12.5. The van der Waals surface area contributed by atoms with Crippen LogP contribution < -0.4 is 10.5 Å². The molecule has 1 aromatic carbocycles. The predicted octanol–water partition coefficient (Wildman–Crippen LogP) is 2.04. The summed E-state index contributed by atoms with van der Waals surface area (Å²) in [5.41, 5.74) is 8.71. The lowest BCUT2D eigenvalue weighted by molar-refractivity contribution is 0.592. The molecule has 0 radical (unpaired) electrons. The Kier molecular flexibility index (Phi) is 3.48. The quantitative estimate of drug-likeness (QED) is 0.797. The van der Waals surface area contributed by atoms with Gasteiger partial charge in [-0.2, -0.15) is 0 Å². The molecule has 0 heterocycles. The van der Waals surface area contributed by atoms with Gasteiger partial charge in [0.25, 0.3) is 0 Å². The molecule has 0 unspecified atom stereocenters. The number of nitrogen functional groups attached to an aromatic ring is 1. The van der Waals surface area contributed by atoms with E-state index < -0.39 is 15.3 Å². The highest BCUT2D eigenvalue weighted by Gasteiger charge is 2.16. The first-order valence-corrected chi connectivity index (χ1v) is 6.67. The Morgan fingerprint density at radius 3 is 2.25 bits per heavy atom. The van der Waals surface area contributed by atoms with Crippen molar-refractivity contribution in [2.75, 3.05) is 10.5 Å². The number of nitrogens with one attached hydrogen (secondary N) is 1. The molecule has 3 N–H and O–H groups in total. The summed E-state index contributed by atoms with van der Waals surface area (Å²) in [4.78, 5) is 0. The number of hydrogen-bond acceptors (Lipinski definition) is 3. The highest BCUT2D eigenvalue weighted by molar-refractivity contribution is 7.93. The van der Waals surface area contributed by atoms with Gasteiger partial charge < -0.3 is 5.73 Å². The molecule has 0 aliphatic rings. The Balaban J connectivity index is 3.13. The van der Waals surface area contributed by atoms with Crippen LogP contribution in [0.3, 0.4) is 0 Å². The molecule has 0 bridgehead atoms. The van der Waals surface area contributed by atoms with Crippen molar-refractivity contribution < 1.29 is 8.42 Å². The van der Waals surface area contributed by atoms with Gasteiger partial charge in [0.2, 0.25) is 10.0 Å². The molecule has 0 fully saturated rings. The van der Waals surface area contributed by atoms with Crippen LogP contribution in [0.2, 0.25) is 0 Å². The zero-order valence-corrected chi connectivity index (χ0v) is 10.9. The molecule has 0 saturated heterocycles. The van der Waals surface area contributed by atoms with Crippen molar-refractivity contribution in [2.24, 2.45) is 0 Å². The number of benzene rings is 1. The monoisotopic (exact) mass is 242 g/mol. The smallest absolute Gasteiger partial charge is 0.235 e. The van der Waals surface area contributed by atoms with E-state index in [9.17, 15) is 8.42 Å². The topological polar surface area (TPSA) is 72.2 Å². The summed E-state index contributed by atoms with van der Waals surface area (Å²) < 4.78 is 25.9. The van der Waals surface area contributed by atoms with Crippen LogP contribution in [0.4, 0.5) is 11.4 Å². The summed E-state index contributed by atoms with van der Waals surface area (Å²) in [5.74, 6) is 0. The molecule has 1 aromatic rings. The van der Waals surface area contributed by atoms with Gasteiger partial charge in [-0.3, -0.25) is 4.72 Å². The van der Waals surface area contributed by atoms with E-state index in [2.05, 4.69) is 4.72 Å². The van der Waals surface area contributed by atoms with Crippen molar-refractivity contribution in [3.05, 3.63) is 23.3 Å². The lowest BCUT2D eigenvalue weighted by atomic mass is 10.1. The lowest BCUT2D eigenvalue weighted by Crippen LogP contribution is -2.23. The number of rotatable bonds is 3. The molecule has 0 spiro atoms. The average molecular weight is 242 g/mol. The fourth-order valence-corrected chi connectivity index (χ4v) is 2.01. The molecule has 16 heavy (non-hydrogen) atoms. The summed E-state index contributed by atoms with van der Waals surface area (Å²) in [7, 11) is -3.31. The van der Waals surface area contributed by atoms with Crippen LogP contribution in [0.5, 0.6) is 0 Å². The SMILES string of the molecule is Cc1cc(C)c(NS(=O)(=O)C(C)C)cc1N. The van der Waals surface area contributed by atoms with Crippen LogP contribution in [0.25, 0.3) is 0 Å². The Morgan fingerprint density at radius 2 is 1.75 bits per heavy atom. The highest BCUT2D eigenvalue weighted by atomic mass is 32.2. The van der Waals surface area contributed by atoms with E-state index in [0.717, 1.165) is 11.1 Å². The number of anilines is 2. The first kappa shape index (κ1) is 12.8.